The van der Waals surface area contributed by atoms with Crippen LogP contribution in [0.25, 0.3) is 12.2 Å². The molecule has 1 aromatic heterocycles. The van der Waals surface area contributed by atoms with Gasteiger partial charge in [0.15, 0.2) is 0 Å². The van der Waals surface area contributed by atoms with Crippen LogP contribution >= 0.6 is 0 Å². The molecule has 134 valence electrons. The van der Waals surface area contributed by atoms with Crippen molar-refractivity contribution < 1.29 is 22.7 Å². The fourth-order valence-corrected chi connectivity index (χ4v) is 2.44. The van der Waals surface area contributed by atoms with Crippen molar-refractivity contribution in [1.29, 1.82) is 0 Å². The maximum Gasteiger partial charge on any atom is 0.416 e. The van der Waals surface area contributed by atoms with Gasteiger partial charge in [-0.05, 0) is 48.4 Å². The van der Waals surface area contributed by atoms with Crippen molar-refractivity contribution in [1.82, 2.24) is 4.98 Å². The monoisotopic (exact) mass is 359 g/mol. The Labute approximate surface area is 148 Å². The lowest BCUT2D eigenvalue weighted by atomic mass is 10.1. The maximum absolute atomic E-state index is 12.6. The first-order valence-corrected chi connectivity index (χ1v) is 7.91. The number of aryl methyl sites for hydroxylation is 1. The predicted octanol–water partition coefficient (Wildman–Crippen LogP) is 5.47. The molecule has 0 bridgehead atoms. The lowest BCUT2D eigenvalue weighted by Crippen LogP contribution is -2.03. The van der Waals surface area contributed by atoms with E-state index in [0.29, 0.717) is 23.6 Å². The standard InChI is InChI=1S/C20H16F3NO2/c1-13-18(12-15-4-9-17(25)10-5-15)26-19(24-13)11-6-14-2-7-16(8-3-14)20(21,22)23/h2-11,25H,12H2,1H3/b11-6+. The average molecular weight is 359 g/mol. The zero-order chi connectivity index (χ0) is 18.7. The van der Waals surface area contributed by atoms with Crippen molar-refractivity contribution in [2.75, 3.05) is 0 Å². The van der Waals surface area contributed by atoms with Gasteiger partial charge in [0.05, 0.1) is 11.3 Å². The molecule has 0 atom stereocenters. The van der Waals surface area contributed by atoms with Gasteiger partial charge in [-0.3, -0.25) is 0 Å². The number of rotatable bonds is 4. The minimum absolute atomic E-state index is 0.197. The number of nitrogens with zero attached hydrogens (tertiary/aromatic N) is 1. The molecule has 0 spiro atoms. The molecule has 3 rings (SSSR count). The molecule has 3 nitrogen and oxygen atoms in total. The van der Waals surface area contributed by atoms with Crippen molar-refractivity contribution in [2.45, 2.75) is 19.5 Å². The fraction of sp³-hybridized carbons (Fsp3) is 0.150. The van der Waals surface area contributed by atoms with Gasteiger partial charge in [0.1, 0.15) is 11.5 Å². The van der Waals surface area contributed by atoms with Crippen molar-refractivity contribution >= 4 is 12.2 Å². The van der Waals surface area contributed by atoms with Gasteiger partial charge < -0.3 is 9.52 Å². The Hall–Kier alpha value is -3.02. The van der Waals surface area contributed by atoms with E-state index in [4.69, 9.17) is 4.42 Å². The minimum atomic E-state index is -4.34. The van der Waals surface area contributed by atoms with Gasteiger partial charge in [-0.25, -0.2) is 4.98 Å². The van der Waals surface area contributed by atoms with Crippen LogP contribution in [0.4, 0.5) is 13.2 Å². The zero-order valence-electron chi connectivity index (χ0n) is 13.9. The normalized spacial score (nSPS) is 12.0. The first kappa shape index (κ1) is 17.8. The summed E-state index contributed by atoms with van der Waals surface area (Å²) in [7, 11) is 0. The number of aromatic hydroxyl groups is 1. The molecule has 1 N–H and O–H groups in total. The maximum atomic E-state index is 12.6. The third-order valence-electron chi connectivity index (χ3n) is 3.87. The molecular weight excluding hydrogens is 343 g/mol. The summed E-state index contributed by atoms with van der Waals surface area (Å²) in [4.78, 5) is 4.31. The summed E-state index contributed by atoms with van der Waals surface area (Å²) in [6.45, 7) is 1.83. The molecule has 0 saturated carbocycles. The number of phenolic OH excluding ortho intramolecular Hbond substituents is 1. The van der Waals surface area contributed by atoms with Crippen molar-refractivity contribution in [3.05, 3.63) is 82.6 Å². The van der Waals surface area contributed by atoms with Crippen LogP contribution in [-0.2, 0) is 12.6 Å². The Morgan fingerprint density at radius 3 is 2.27 bits per heavy atom. The Balaban J connectivity index is 1.72. The van der Waals surface area contributed by atoms with Crippen LogP contribution in [-0.4, -0.2) is 10.1 Å². The van der Waals surface area contributed by atoms with E-state index < -0.39 is 11.7 Å². The largest absolute Gasteiger partial charge is 0.508 e. The number of hydrogen-bond acceptors (Lipinski definition) is 3. The Morgan fingerprint density at radius 1 is 1.00 bits per heavy atom. The summed E-state index contributed by atoms with van der Waals surface area (Å²) in [5.74, 6) is 1.28. The van der Waals surface area contributed by atoms with E-state index in [0.717, 1.165) is 23.4 Å². The molecule has 0 aliphatic heterocycles. The molecule has 0 fully saturated rings. The number of benzene rings is 2. The summed E-state index contributed by atoms with van der Waals surface area (Å²) in [5, 5.41) is 9.31. The minimum Gasteiger partial charge on any atom is -0.508 e. The van der Waals surface area contributed by atoms with E-state index >= 15 is 0 Å². The molecule has 2 aromatic carbocycles. The second-order valence-electron chi connectivity index (χ2n) is 5.86. The molecule has 0 aliphatic rings. The van der Waals surface area contributed by atoms with Gasteiger partial charge in [-0.15, -0.1) is 0 Å². The molecule has 0 unspecified atom stereocenters. The van der Waals surface area contributed by atoms with Crippen molar-refractivity contribution in [3.63, 3.8) is 0 Å². The summed E-state index contributed by atoms with van der Waals surface area (Å²) in [6.07, 6.45) is -0.538. The average Bonchev–Trinajstić information content (AvgIpc) is 2.94. The fourth-order valence-electron chi connectivity index (χ4n) is 2.44. The molecule has 0 amide bonds. The summed E-state index contributed by atoms with van der Waals surface area (Å²) < 4.78 is 43.4. The van der Waals surface area contributed by atoms with Gasteiger partial charge >= 0.3 is 6.18 Å². The molecule has 0 radical (unpaired) electrons. The molecule has 0 aliphatic carbocycles. The molecular formula is C20H16F3NO2. The van der Waals surface area contributed by atoms with Crippen LogP contribution in [0.5, 0.6) is 5.75 Å². The van der Waals surface area contributed by atoms with Crippen LogP contribution in [0, 0.1) is 6.92 Å². The van der Waals surface area contributed by atoms with E-state index in [1.165, 1.54) is 12.1 Å². The van der Waals surface area contributed by atoms with Gasteiger partial charge in [0, 0.05) is 12.5 Å². The Kier molecular flexibility index (Phi) is 4.84. The van der Waals surface area contributed by atoms with Gasteiger partial charge in [-0.1, -0.05) is 24.3 Å². The van der Waals surface area contributed by atoms with E-state index in [2.05, 4.69) is 4.98 Å². The SMILES string of the molecule is Cc1nc(/C=C/c2ccc(C(F)(F)F)cc2)oc1Cc1ccc(O)cc1. The number of halogens is 3. The third kappa shape index (κ3) is 4.33. The van der Waals surface area contributed by atoms with E-state index in [9.17, 15) is 18.3 Å². The first-order chi connectivity index (χ1) is 12.3. The van der Waals surface area contributed by atoms with Crippen LogP contribution < -0.4 is 0 Å². The lowest BCUT2D eigenvalue weighted by Gasteiger charge is -2.05. The van der Waals surface area contributed by atoms with Crippen molar-refractivity contribution in [2.24, 2.45) is 0 Å². The molecule has 1 heterocycles. The number of oxazole rings is 1. The highest BCUT2D eigenvalue weighted by molar-refractivity contribution is 5.66. The zero-order valence-corrected chi connectivity index (χ0v) is 13.9. The molecule has 0 saturated heterocycles. The summed E-state index contributed by atoms with van der Waals surface area (Å²) in [5.41, 5.74) is 1.65. The van der Waals surface area contributed by atoms with Gasteiger partial charge in [0.2, 0.25) is 5.89 Å². The van der Waals surface area contributed by atoms with Crippen molar-refractivity contribution in [3.8, 4) is 5.75 Å². The number of aromatic nitrogens is 1. The van der Waals surface area contributed by atoms with Crippen LogP contribution in [0.2, 0.25) is 0 Å². The highest BCUT2D eigenvalue weighted by atomic mass is 19.4. The Morgan fingerprint density at radius 2 is 1.65 bits per heavy atom. The van der Waals surface area contributed by atoms with E-state index in [1.807, 2.05) is 6.92 Å². The highest BCUT2D eigenvalue weighted by Gasteiger charge is 2.29. The lowest BCUT2D eigenvalue weighted by molar-refractivity contribution is -0.137. The number of hydrogen-bond donors (Lipinski definition) is 1. The van der Waals surface area contributed by atoms with Gasteiger partial charge in [-0.2, -0.15) is 13.2 Å². The molecule has 3 aromatic rings. The second kappa shape index (κ2) is 7.07. The smallest absolute Gasteiger partial charge is 0.416 e. The topological polar surface area (TPSA) is 46.3 Å². The second-order valence-corrected chi connectivity index (χ2v) is 5.86. The van der Waals surface area contributed by atoms with Crippen LogP contribution in [0.3, 0.4) is 0 Å². The number of phenols is 1. The summed E-state index contributed by atoms with van der Waals surface area (Å²) in [6, 6.07) is 11.7. The number of alkyl halides is 3. The first-order valence-electron chi connectivity index (χ1n) is 7.91. The summed E-state index contributed by atoms with van der Waals surface area (Å²) >= 11 is 0. The molecule has 26 heavy (non-hydrogen) atoms. The van der Waals surface area contributed by atoms with Crippen LogP contribution in [0.1, 0.15) is 34.0 Å². The van der Waals surface area contributed by atoms with E-state index in [-0.39, 0.29) is 5.75 Å². The predicted molar refractivity (Wildman–Crippen MR) is 92.5 cm³/mol. The van der Waals surface area contributed by atoms with Crippen LogP contribution in [0.15, 0.2) is 52.9 Å². The Bertz CT molecular complexity index is 908. The molecule has 6 heteroatoms. The van der Waals surface area contributed by atoms with Gasteiger partial charge in [0.25, 0.3) is 0 Å². The quantitative estimate of drug-likeness (QED) is 0.672. The third-order valence-corrected chi connectivity index (χ3v) is 3.87. The van der Waals surface area contributed by atoms with E-state index in [1.54, 1.807) is 36.4 Å². The highest BCUT2D eigenvalue weighted by Crippen LogP contribution is 2.29.